The largest absolute Gasteiger partial charge is 0.417 e. The molecule has 0 unspecified atom stereocenters. The predicted molar refractivity (Wildman–Crippen MR) is 92.4 cm³/mol. The Morgan fingerprint density at radius 2 is 1.67 bits per heavy atom. The zero-order valence-corrected chi connectivity index (χ0v) is 15.0. The number of aromatic nitrogens is 3. The third kappa shape index (κ3) is 2.64. The summed E-state index contributed by atoms with van der Waals surface area (Å²) in [7, 11) is 1.72. The van der Waals surface area contributed by atoms with Crippen molar-refractivity contribution in [3.63, 3.8) is 0 Å². The van der Waals surface area contributed by atoms with E-state index in [-0.39, 0.29) is 22.7 Å². The molecule has 0 atom stereocenters. The Labute approximate surface area is 154 Å². The highest BCUT2D eigenvalue weighted by atomic mass is 19.4. The lowest BCUT2D eigenvalue weighted by Gasteiger charge is -2.51. The molecule has 2 aromatic rings. The van der Waals surface area contributed by atoms with Gasteiger partial charge < -0.3 is 10.3 Å². The van der Waals surface area contributed by atoms with Crippen LogP contribution in [0.15, 0.2) is 24.3 Å². The van der Waals surface area contributed by atoms with E-state index < -0.39 is 17.2 Å². The number of primary amides is 1. The van der Waals surface area contributed by atoms with Crippen molar-refractivity contribution in [1.29, 1.82) is 0 Å². The van der Waals surface area contributed by atoms with Gasteiger partial charge in [0.05, 0.1) is 5.56 Å². The average Bonchev–Trinajstić information content (AvgIpc) is 3.04. The van der Waals surface area contributed by atoms with E-state index >= 15 is 0 Å². The first kappa shape index (κ1) is 18.0. The Bertz CT molecular complexity index is 878. The first-order valence-corrected chi connectivity index (χ1v) is 9.05. The molecule has 3 saturated carbocycles. The molecule has 0 spiro atoms. The van der Waals surface area contributed by atoms with Crippen molar-refractivity contribution in [3.8, 4) is 11.4 Å². The number of nitrogens with two attached hydrogens (primary N) is 1. The molecule has 1 aromatic carbocycles. The molecule has 0 aliphatic heterocycles. The molecular weight excluding hydrogens is 357 g/mol. The minimum atomic E-state index is -4.46. The number of rotatable bonds is 3. The molecule has 3 aliphatic carbocycles. The summed E-state index contributed by atoms with van der Waals surface area (Å²) in [6, 6.07) is 5.42. The van der Waals surface area contributed by atoms with Crippen LogP contribution in [0.5, 0.6) is 0 Å². The lowest BCUT2D eigenvalue weighted by molar-refractivity contribution is -0.137. The summed E-state index contributed by atoms with van der Waals surface area (Å²) < 4.78 is 41.9. The fourth-order valence-corrected chi connectivity index (χ4v) is 4.84. The minimum absolute atomic E-state index is 0.0285. The number of benzene rings is 1. The highest BCUT2D eigenvalue weighted by Crippen LogP contribution is 2.57. The number of halogens is 3. The molecule has 2 N–H and O–H groups in total. The second-order valence-electron chi connectivity index (χ2n) is 7.87. The van der Waals surface area contributed by atoms with Gasteiger partial charge in [0, 0.05) is 23.4 Å². The summed E-state index contributed by atoms with van der Waals surface area (Å²) in [5.41, 5.74) is 4.25. The minimum Gasteiger partial charge on any atom is -0.369 e. The van der Waals surface area contributed by atoms with Gasteiger partial charge in [-0.1, -0.05) is 18.2 Å². The Morgan fingerprint density at radius 1 is 1.07 bits per heavy atom. The van der Waals surface area contributed by atoms with E-state index in [9.17, 15) is 18.0 Å². The Balaban J connectivity index is 1.73. The number of amides is 1. The van der Waals surface area contributed by atoms with Crippen molar-refractivity contribution in [2.45, 2.75) is 50.1 Å². The molecule has 1 amide bonds. The Kier molecular flexibility index (Phi) is 3.87. The van der Waals surface area contributed by atoms with Gasteiger partial charge in [-0.05, 0) is 44.6 Å². The fourth-order valence-electron chi connectivity index (χ4n) is 4.84. The van der Waals surface area contributed by atoms with Gasteiger partial charge in [-0.25, -0.2) is 0 Å². The SMILES string of the molecule is Cn1c(-c2ccccc2C(F)(F)F)nnc1C12CCC(C(N)=O)(CC1)CC2. The van der Waals surface area contributed by atoms with Crippen LogP contribution in [0.1, 0.15) is 49.9 Å². The molecule has 0 radical (unpaired) electrons. The number of alkyl halides is 3. The van der Waals surface area contributed by atoms with Crippen molar-refractivity contribution >= 4 is 5.91 Å². The van der Waals surface area contributed by atoms with Gasteiger partial charge in [-0.3, -0.25) is 4.79 Å². The maximum atomic E-state index is 13.4. The number of carbonyl (C=O) groups is 1. The van der Waals surface area contributed by atoms with Crippen molar-refractivity contribution in [1.82, 2.24) is 14.8 Å². The van der Waals surface area contributed by atoms with Crippen LogP contribution in [0.2, 0.25) is 0 Å². The first-order chi connectivity index (χ1) is 12.7. The maximum absolute atomic E-state index is 13.4. The number of carbonyl (C=O) groups excluding carboxylic acids is 1. The van der Waals surface area contributed by atoms with E-state index in [1.54, 1.807) is 17.7 Å². The number of hydrogen-bond donors (Lipinski definition) is 1. The van der Waals surface area contributed by atoms with Crippen molar-refractivity contribution in [3.05, 3.63) is 35.7 Å². The van der Waals surface area contributed by atoms with Gasteiger partial charge in [-0.15, -0.1) is 10.2 Å². The van der Waals surface area contributed by atoms with Crippen LogP contribution >= 0.6 is 0 Å². The van der Waals surface area contributed by atoms with Crippen LogP contribution in [0.25, 0.3) is 11.4 Å². The van der Waals surface area contributed by atoms with Crippen molar-refractivity contribution in [2.75, 3.05) is 0 Å². The summed E-state index contributed by atoms with van der Waals surface area (Å²) in [4.78, 5) is 11.8. The summed E-state index contributed by atoms with van der Waals surface area (Å²) in [6.45, 7) is 0. The molecule has 3 aliphatic rings. The molecule has 2 bridgehead atoms. The summed E-state index contributed by atoms with van der Waals surface area (Å²) >= 11 is 0. The van der Waals surface area contributed by atoms with Crippen LogP contribution in [-0.2, 0) is 23.4 Å². The predicted octanol–water partition coefficient (Wildman–Crippen LogP) is 3.58. The molecule has 144 valence electrons. The number of fused-ring (bicyclic) bond motifs is 3. The zero-order valence-electron chi connectivity index (χ0n) is 15.0. The summed E-state index contributed by atoms with van der Waals surface area (Å²) in [5.74, 6) is 0.672. The van der Waals surface area contributed by atoms with Crippen molar-refractivity contribution in [2.24, 2.45) is 18.2 Å². The van der Waals surface area contributed by atoms with E-state index in [0.717, 1.165) is 25.3 Å². The lowest BCUT2D eigenvalue weighted by atomic mass is 9.53. The normalized spacial score (nSPS) is 27.7. The lowest BCUT2D eigenvalue weighted by Crippen LogP contribution is -2.51. The van der Waals surface area contributed by atoms with E-state index in [1.165, 1.54) is 12.1 Å². The molecule has 1 aromatic heterocycles. The number of hydrogen-bond acceptors (Lipinski definition) is 3. The van der Waals surface area contributed by atoms with Crippen LogP contribution in [0.4, 0.5) is 13.2 Å². The van der Waals surface area contributed by atoms with E-state index in [4.69, 9.17) is 5.73 Å². The smallest absolute Gasteiger partial charge is 0.369 e. The maximum Gasteiger partial charge on any atom is 0.417 e. The van der Waals surface area contributed by atoms with Crippen LogP contribution in [-0.4, -0.2) is 20.7 Å². The molecule has 3 fully saturated rings. The molecule has 8 heteroatoms. The fraction of sp³-hybridized carbons (Fsp3) is 0.526. The van der Waals surface area contributed by atoms with E-state index in [2.05, 4.69) is 10.2 Å². The standard InChI is InChI=1S/C19H21F3N4O/c1-26-14(12-4-2-3-5-13(12)19(20,21)22)24-25-16(26)18-9-6-17(7-10-18,8-11-18)15(23)27/h2-5H,6-11H2,1H3,(H2,23,27). The topological polar surface area (TPSA) is 73.8 Å². The second kappa shape index (κ2) is 5.81. The van der Waals surface area contributed by atoms with Gasteiger partial charge in [0.15, 0.2) is 5.82 Å². The van der Waals surface area contributed by atoms with Gasteiger partial charge in [0.2, 0.25) is 5.91 Å². The molecular formula is C19H21F3N4O. The quantitative estimate of drug-likeness (QED) is 0.887. The highest BCUT2D eigenvalue weighted by molar-refractivity contribution is 5.81. The van der Waals surface area contributed by atoms with Gasteiger partial charge in [-0.2, -0.15) is 13.2 Å². The van der Waals surface area contributed by atoms with Crippen LogP contribution in [0, 0.1) is 5.41 Å². The van der Waals surface area contributed by atoms with E-state index in [0.29, 0.717) is 25.1 Å². The van der Waals surface area contributed by atoms with E-state index in [1.807, 2.05) is 0 Å². The molecule has 5 rings (SSSR count). The third-order valence-electron chi connectivity index (χ3n) is 6.59. The molecule has 0 saturated heterocycles. The molecule has 27 heavy (non-hydrogen) atoms. The Morgan fingerprint density at radius 3 is 2.22 bits per heavy atom. The highest BCUT2D eigenvalue weighted by Gasteiger charge is 2.54. The van der Waals surface area contributed by atoms with Gasteiger partial charge in [0.25, 0.3) is 0 Å². The van der Waals surface area contributed by atoms with Crippen molar-refractivity contribution < 1.29 is 18.0 Å². The third-order valence-corrected chi connectivity index (χ3v) is 6.59. The van der Waals surface area contributed by atoms with Gasteiger partial charge in [0.1, 0.15) is 5.82 Å². The summed E-state index contributed by atoms with van der Waals surface area (Å²) in [6.07, 6.45) is -0.108. The number of nitrogens with zero attached hydrogens (tertiary/aromatic N) is 3. The van der Waals surface area contributed by atoms with Gasteiger partial charge >= 0.3 is 6.18 Å². The molecule has 1 heterocycles. The molecule has 5 nitrogen and oxygen atoms in total. The average molecular weight is 378 g/mol. The second-order valence-corrected chi connectivity index (χ2v) is 7.87. The Hall–Kier alpha value is -2.38. The zero-order chi connectivity index (χ0) is 19.4. The van der Waals surface area contributed by atoms with Crippen LogP contribution in [0.3, 0.4) is 0 Å². The first-order valence-electron chi connectivity index (χ1n) is 9.05. The summed E-state index contributed by atoms with van der Waals surface area (Å²) in [5, 5.41) is 8.42. The monoisotopic (exact) mass is 378 g/mol. The van der Waals surface area contributed by atoms with Crippen LogP contribution < -0.4 is 5.73 Å².